The van der Waals surface area contributed by atoms with E-state index < -0.39 is 0 Å². The van der Waals surface area contributed by atoms with Gasteiger partial charge in [-0.05, 0) is 55.3 Å². The van der Waals surface area contributed by atoms with Crippen LogP contribution < -0.4 is 11.1 Å². The van der Waals surface area contributed by atoms with Crippen LogP contribution in [-0.2, 0) is 4.74 Å². The summed E-state index contributed by atoms with van der Waals surface area (Å²) in [5, 5.41) is 3.15. The average Bonchev–Trinajstić information content (AvgIpc) is 2.29. The zero-order chi connectivity index (χ0) is 13.5. The molecule has 0 aliphatic rings. The monoisotopic (exact) mass is 366 g/mol. The smallest absolute Gasteiger partial charge is 0.138 e. The Kier molecular flexibility index (Phi) is 6.70. The number of nitrogen functional groups attached to an aromatic ring is 1. The molecular formula is C13H20FIN2O. The van der Waals surface area contributed by atoms with E-state index in [0.717, 1.165) is 26.0 Å². The summed E-state index contributed by atoms with van der Waals surface area (Å²) in [5.41, 5.74) is 7.06. The largest absolute Gasteiger partial charge is 0.397 e. The molecule has 0 aliphatic carbocycles. The maximum Gasteiger partial charge on any atom is 0.138 e. The fraction of sp³-hybridized carbons (Fsp3) is 0.538. The van der Waals surface area contributed by atoms with Crippen LogP contribution >= 0.6 is 22.6 Å². The lowest BCUT2D eigenvalue weighted by molar-refractivity contribution is 0.0765. The zero-order valence-electron chi connectivity index (χ0n) is 10.8. The molecule has 0 amide bonds. The highest BCUT2D eigenvalue weighted by molar-refractivity contribution is 14.1. The fourth-order valence-corrected chi connectivity index (χ4v) is 1.98. The highest BCUT2D eigenvalue weighted by atomic mass is 127. The Hall–Kier alpha value is -0.560. The van der Waals surface area contributed by atoms with Crippen LogP contribution in [-0.4, -0.2) is 19.3 Å². The molecular weight excluding hydrogens is 346 g/mol. The summed E-state index contributed by atoms with van der Waals surface area (Å²) in [6.45, 7) is 5.57. The highest BCUT2D eigenvalue weighted by Gasteiger charge is 2.05. The van der Waals surface area contributed by atoms with Crippen molar-refractivity contribution in [2.24, 2.45) is 0 Å². The Labute approximate surface area is 121 Å². The van der Waals surface area contributed by atoms with Crippen molar-refractivity contribution >= 4 is 34.0 Å². The maximum absolute atomic E-state index is 13.4. The molecule has 1 rings (SSSR count). The van der Waals surface area contributed by atoms with Gasteiger partial charge in [-0.25, -0.2) is 4.39 Å². The third-order valence-corrected chi connectivity index (χ3v) is 3.26. The van der Waals surface area contributed by atoms with Gasteiger partial charge in [-0.3, -0.25) is 0 Å². The minimum atomic E-state index is -0.240. The van der Waals surface area contributed by atoms with Crippen molar-refractivity contribution in [1.82, 2.24) is 0 Å². The van der Waals surface area contributed by atoms with Crippen molar-refractivity contribution in [3.63, 3.8) is 0 Å². The van der Waals surface area contributed by atoms with Crippen LogP contribution in [0.15, 0.2) is 12.1 Å². The number of hydrogen-bond donors (Lipinski definition) is 2. The minimum Gasteiger partial charge on any atom is -0.397 e. The van der Waals surface area contributed by atoms with Crippen LogP contribution in [0.25, 0.3) is 0 Å². The molecule has 0 unspecified atom stereocenters. The van der Waals surface area contributed by atoms with E-state index in [1.807, 2.05) is 36.4 Å². The van der Waals surface area contributed by atoms with Gasteiger partial charge in [-0.1, -0.05) is 0 Å². The van der Waals surface area contributed by atoms with Gasteiger partial charge in [0.25, 0.3) is 0 Å². The predicted octanol–water partition coefficient (Wildman–Crippen LogP) is 3.63. The predicted molar refractivity (Wildman–Crippen MR) is 82.3 cm³/mol. The van der Waals surface area contributed by atoms with Crippen LogP contribution in [0.1, 0.15) is 26.7 Å². The summed E-state index contributed by atoms with van der Waals surface area (Å²) in [6.07, 6.45) is 2.23. The second-order valence-corrected chi connectivity index (χ2v) is 5.57. The van der Waals surface area contributed by atoms with Crippen molar-refractivity contribution in [2.45, 2.75) is 32.8 Å². The van der Waals surface area contributed by atoms with Gasteiger partial charge >= 0.3 is 0 Å². The molecule has 18 heavy (non-hydrogen) atoms. The first-order chi connectivity index (χ1) is 8.50. The lowest BCUT2D eigenvalue weighted by Gasteiger charge is -2.11. The lowest BCUT2D eigenvalue weighted by atomic mass is 10.2. The van der Waals surface area contributed by atoms with Crippen molar-refractivity contribution < 1.29 is 9.13 Å². The third-order valence-electron chi connectivity index (χ3n) is 2.43. The molecule has 0 aliphatic heterocycles. The molecule has 0 saturated carbocycles. The van der Waals surface area contributed by atoms with Gasteiger partial charge in [0, 0.05) is 19.2 Å². The van der Waals surface area contributed by atoms with Crippen LogP contribution in [0.4, 0.5) is 15.8 Å². The molecule has 0 heterocycles. The second-order valence-electron chi connectivity index (χ2n) is 4.41. The molecule has 0 bridgehead atoms. The molecule has 3 N–H and O–H groups in total. The van der Waals surface area contributed by atoms with E-state index >= 15 is 0 Å². The van der Waals surface area contributed by atoms with Gasteiger partial charge in [-0.2, -0.15) is 0 Å². The van der Waals surface area contributed by atoms with Crippen LogP contribution in [0.5, 0.6) is 0 Å². The topological polar surface area (TPSA) is 47.3 Å². The quantitative estimate of drug-likeness (QED) is 0.440. The van der Waals surface area contributed by atoms with E-state index in [1.54, 1.807) is 6.07 Å². The summed E-state index contributed by atoms with van der Waals surface area (Å²) < 4.78 is 19.3. The Balaban J connectivity index is 2.29. The van der Waals surface area contributed by atoms with Crippen molar-refractivity contribution in [3.8, 4) is 0 Å². The maximum atomic E-state index is 13.4. The number of unbranched alkanes of at least 4 members (excludes halogenated alkanes) is 1. The lowest BCUT2D eigenvalue weighted by Crippen LogP contribution is -2.08. The molecule has 1 aromatic carbocycles. The van der Waals surface area contributed by atoms with E-state index in [9.17, 15) is 4.39 Å². The fourth-order valence-electron chi connectivity index (χ4n) is 1.48. The van der Waals surface area contributed by atoms with Gasteiger partial charge in [0.05, 0.1) is 21.0 Å². The van der Waals surface area contributed by atoms with Crippen LogP contribution in [0.2, 0.25) is 0 Å². The number of nitrogens with two attached hydrogens (primary N) is 1. The van der Waals surface area contributed by atoms with E-state index in [2.05, 4.69) is 5.32 Å². The Bertz CT molecular complexity index is 385. The van der Waals surface area contributed by atoms with Crippen LogP contribution in [0.3, 0.4) is 0 Å². The summed E-state index contributed by atoms with van der Waals surface area (Å²) in [6, 6.07) is 3.09. The number of anilines is 2. The first kappa shape index (κ1) is 15.5. The summed E-state index contributed by atoms with van der Waals surface area (Å²) in [4.78, 5) is 0. The molecule has 102 valence electrons. The number of ether oxygens (including phenoxy) is 1. The van der Waals surface area contributed by atoms with Gasteiger partial charge in [-0.15, -0.1) is 0 Å². The van der Waals surface area contributed by atoms with Crippen LogP contribution in [0, 0.1) is 9.39 Å². The molecule has 0 radical (unpaired) electrons. The molecule has 1 aromatic rings. The van der Waals surface area contributed by atoms with Gasteiger partial charge in [0.1, 0.15) is 5.82 Å². The van der Waals surface area contributed by atoms with Crippen molar-refractivity contribution in [1.29, 1.82) is 0 Å². The normalized spacial score (nSPS) is 10.9. The highest BCUT2D eigenvalue weighted by Crippen LogP contribution is 2.23. The zero-order valence-corrected chi connectivity index (χ0v) is 13.0. The van der Waals surface area contributed by atoms with E-state index in [-0.39, 0.29) is 11.9 Å². The first-order valence-corrected chi connectivity index (χ1v) is 7.18. The summed E-state index contributed by atoms with van der Waals surface area (Å²) in [5.74, 6) is -0.240. The third kappa shape index (κ3) is 5.39. The summed E-state index contributed by atoms with van der Waals surface area (Å²) >= 11 is 1.93. The van der Waals surface area contributed by atoms with Gasteiger partial charge in [0.15, 0.2) is 0 Å². The standard InChI is InChI=1S/C13H20FIN2O/c1-9(2)18-6-4-3-5-17-13-7-10(14)11(15)8-12(13)16/h7-9,17H,3-6,16H2,1-2H3. The number of nitrogens with one attached hydrogen (secondary N) is 1. The van der Waals surface area contributed by atoms with Crippen molar-refractivity contribution in [3.05, 3.63) is 21.5 Å². The SMILES string of the molecule is CC(C)OCCCCNc1cc(F)c(I)cc1N. The Morgan fingerprint density at radius 3 is 2.78 bits per heavy atom. The second kappa shape index (κ2) is 7.78. The Morgan fingerprint density at radius 2 is 2.11 bits per heavy atom. The number of halogens is 2. The molecule has 0 atom stereocenters. The van der Waals surface area contributed by atoms with E-state index in [4.69, 9.17) is 10.5 Å². The molecule has 0 aromatic heterocycles. The average molecular weight is 366 g/mol. The number of hydrogen-bond acceptors (Lipinski definition) is 3. The molecule has 3 nitrogen and oxygen atoms in total. The summed E-state index contributed by atoms with van der Waals surface area (Å²) in [7, 11) is 0. The molecule has 0 spiro atoms. The van der Waals surface area contributed by atoms with Gasteiger partial charge in [0.2, 0.25) is 0 Å². The molecule has 0 fully saturated rings. The number of benzene rings is 1. The first-order valence-electron chi connectivity index (χ1n) is 6.10. The van der Waals surface area contributed by atoms with E-state index in [1.165, 1.54) is 6.07 Å². The molecule has 0 saturated heterocycles. The Morgan fingerprint density at radius 1 is 1.39 bits per heavy atom. The van der Waals surface area contributed by atoms with Crippen molar-refractivity contribution in [2.75, 3.05) is 24.2 Å². The van der Waals surface area contributed by atoms with E-state index in [0.29, 0.717) is 14.9 Å². The minimum absolute atomic E-state index is 0.240. The number of rotatable bonds is 7. The molecule has 5 heteroatoms. The van der Waals surface area contributed by atoms with Gasteiger partial charge < -0.3 is 15.8 Å².